The Kier molecular flexibility index (Phi) is 6.06. The van der Waals surface area contributed by atoms with Crippen LogP contribution in [0, 0.1) is 46.3 Å². The molecule has 4 aliphatic rings. The molecule has 2 heteroatoms. The maximum absolute atomic E-state index is 12.5. The van der Waals surface area contributed by atoms with Crippen LogP contribution in [0.25, 0.3) is 0 Å². The fourth-order valence-corrected chi connectivity index (χ4v) is 8.59. The van der Waals surface area contributed by atoms with Crippen molar-refractivity contribution in [2.75, 3.05) is 0 Å². The molecule has 2 nitrogen and oxygen atoms in total. The number of allylic oxidation sites excluding steroid dienone is 1. The normalized spacial score (nSPS) is 45.2. The summed E-state index contributed by atoms with van der Waals surface area (Å²) in [6.07, 6.45) is 16.5. The molecule has 0 aliphatic heterocycles. The largest absolute Gasteiger partial charge is 0.393 e. The quantitative estimate of drug-likeness (QED) is 0.404. The molecule has 4 rings (SSSR count). The molecule has 8 atom stereocenters. The summed E-state index contributed by atoms with van der Waals surface area (Å²) in [6, 6.07) is 0. The van der Waals surface area contributed by atoms with E-state index in [1.807, 2.05) is 0 Å². The third-order valence-corrected chi connectivity index (χ3v) is 10.1. The number of hydrogen-bond acceptors (Lipinski definition) is 2. The summed E-state index contributed by atoms with van der Waals surface area (Å²) in [5, 5.41) is 10.2. The van der Waals surface area contributed by atoms with Crippen LogP contribution >= 0.6 is 0 Å². The molecular formula is C27H44O2. The Morgan fingerprint density at radius 3 is 2.62 bits per heavy atom. The second-order valence-electron chi connectivity index (χ2n) is 11.9. The van der Waals surface area contributed by atoms with Crippen molar-refractivity contribution < 1.29 is 9.90 Å². The van der Waals surface area contributed by atoms with Crippen LogP contribution in [-0.4, -0.2) is 17.5 Å². The zero-order valence-corrected chi connectivity index (χ0v) is 19.3. The van der Waals surface area contributed by atoms with Crippen molar-refractivity contribution in [1.29, 1.82) is 0 Å². The highest BCUT2D eigenvalue weighted by atomic mass is 16.3. The minimum absolute atomic E-state index is 0.234. The molecule has 0 heterocycles. The van der Waals surface area contributed by atoms with Crippen molar-refractivity contribution in [2.24, 2.45) is 46.3 Å². The van der Waals surface area contributed by atoms with Crippen molar-refractivity contribution in [3.05, 3.63) is 11.6 Å². The second-order valence-corrected chi connectivity index (χ2v) is 11.9. The Hall–Kier alpha value is -0.630. The van der Waals surface area contributed by atoms with Gasteiger partial charge in [-0.25, -0.2) is 0 Å². The molecule has 0 amide bonds. The summed E-state index contributed by atoms with van der Waals surface area (Å²) in [6.45, 7) is 9.83. The molecule has 0 unspecified atom stereocenters. The van der Waals surface area contributed by atoms with Gasteiger partial charge in [-0.1, -0.05) is 58.6 Å². The average Bonchev–Trinajstić information content (AvgIpc) is 3.04. The second kappa shape index (κ2) is 8.13. The van der Waals surface area contributed by atoms with E-state index in [0.717, 1.165) is 49.4 Å². The molecule has 3 saturated carbocycles. The van der Waals surface area contributed by atoms with Crippen molar-refractivity contribution in [2.45, 2.75) is 104 Å². The van der Waals surface area contributed by atoms with Crippen LogP contribution in [0.5, 0.6) is 0 Å². The van der Waals surface area contributed by atoms with Gasteiger partial charge in [0.2, 0.25) is 0 Å². The van der Waals surface area contributed by atoms with E-state index in [1.165, 1.54) is 56.8 Å². The Balaban J connectivity index is 1.52. The average molecular weight is 401 g/mol. The number of rotatable bonds is 6. The van der Waals surface area contributed by atoms with Gasteiger partial charge in [0.25, 0.3) is 0 Å². The topological polar surface area (TPSA) is 37.3 Å². The molecular weight excluding hydrogens is 356 g/mol. The van der Waals surface area contributed by atoms with Crippen LogP contribution in [0.3, 0.4) is 0 Å². The van der Waals surface area contributed by atoms with E-state index in [0.29, 0.717) is 17.3 Å². The van der Waals surface area contributed by atoms with Crippen molar-refractivity contribution in [1.82, 2.24) is 0 Å². The van der Waals surface area contributed by atoms with Crippen molar-refractivity contribution in [3.8, 4) is 0 Å². The van der Waals surface area contributed by atoms with E-state index >= 15 is 0 Å². The molecule has 0 radical (unpaired) electrons. The van der Waals surface area contributed by atoms with Gasteiger partial charge < -0.3 is 9.90 Å². The van der Waals surface area contributed by atoms with Gasteiger partial charge in [0.1, 0.15) is 6.29 Å². The van der Waals surface area contributed by atoms with E-state index in [4.69, 9.17) is 0 Å². The first-order valence-electron chi connectivity index (χ1n) is 12.7. The minimum Gasteiger partial charge on any atom is -0.393 e. The Bertz CT molecular complexity index is 636. The standard InChI is InChI=1S/C27H44O2/c1-18(2)6-5-7-19(3)23-10-11-24-22-9-8-20-16-21(29)12-15-27(20,17-28)25(22)13-14-26(23,24)4/h8,17-19,21-25,29H,5-7,9-16H2,1-4H3/t19-,21+,22+,23-,24-,25-,26-,27-/m1/s1. The summed E-state index contributed by atoms with van der Waals surface area (Å²) in [4.78, 5) is 12.5. The lowest BCUT2D eigenvalue weighted by molar-refractivity contribution is -0.127. The fourth-order valence-electron chi connectivity index (χ4n) is 8.59. The first-order valence-corrected chi connectivity index (χ1v) is 12.7. The van der Waals surface area contributed by atoms with Crippen molar-refractivity contribution in [3.63, 3.8) is 0 Å². The van der Waals surface area contributed by atoms with Gasteiger partial charge in [-0.05, 0) is 92.3 Å². The third kappa shape index (κ3) is 3.56. The summed E-state index contributed by atoms with van der Waals surface area (Å²) in [5.74, 6) is 4.53. The van der Waals surface area contributed by atoms with E-state index in [1.54, 1.807) is 0 Å². The Morgan fingerprint density at radius 2 is 1.90 bits per heavy atom. The number of carbonyl (C=O) groups is 1. The predicted octanol–water partition coefficient (Wildman–Crippen LogP) is 6.57. The first kappa shape index (κ1) is 21.6. The van der Waals surface area contributed by atoms with Crippen LogP contribution in [-0.2, 0) is 4.79 Å². The van der Waals surface area contributed by atoms with Crippen LogP contribution in [0.4, 0.5) is 0 Å². The molecule has 0 bridgehead atoms. The van der Waals surface area contributed by atoms with E-state index in [-0.39, 0.29) is 11.5 Å². The Labute approximate surface area is 178 Å². The molecule has 0 aromatic rings. The maximum atomic E-state index is 12.5. The number of aliphatic hydroxyl groups excluding tert-OH is 1. The monoisotopic (exact) mass is 400 g/mol. The lowest BCUT2D eigenvalue weighted by atomic mass is 9.46. The van der Waals surface area contributed by atoms with Crippen LogP contribution in [0.1, 0.15) is 98.3 Å². The molecule has 164 valence electrons. The van der Waals surface area contributed by atoms with Gasteiger partial charge in [0.15, 0.2) is 0 Å². The number of carbonyl (C=O) groups excluding carboxylic acids is 1. The van der Waals surface area contributed by atoms with Gasteiger partial charge in [-0.15, -0.1) is 0 Å². The highest BCUT2D eigenvalue weighted by Crippen LogP contribution is 2.67. The van der Waals surface area contributed by atoms with E-state index in [9.17, 15) is 9.90 Å². The summed E-state index contributed by atoms with van der Waals surface area (Å²) in [5.41, 5.74) is 1.51. The smallest absolute Gasteiger partial charge is 0.130 e. The molecule has 0 aromatic carbocycles. The molecule has 0 aromatic heterocycles. The first-order chi connectivity index (χ1) is 13.8. The number of hydrogen-bond donors (Lipinski definition) is 1. The van der Waals surface area contributed by atoms with Gasteiger partial charge in [-0.3, -0.25) is 0 Å². The molecule has 3 fully saturated rings. The highest BCUT2D eigenvalue weighted by molar-refractivity contribution is 5.67. The number of fused-ring (bicyclic) bond motifs is 5. The molecule has 29 heavy (non-hydrogen) atoms. The van der Waals surface area contributed by atoms with Gasteiger partial charge in [-0.2, -0.15) is 0 Å². The minimum atomic E-state index is -0.246. The number of aliphatic hydroxyl groups is 1. The van der Waals surface area contributed by atoms with Gasteiger partial charge in [0, 0.05) is 0 Å². The van der Waals surface area contributed by atoms with Gasteiger partial charge in [0.05, 0.1) is 11.5 Å². The summed E-state index contributed by atoms with van der Waals surface area (Å²) >= 11 is 0. The van der Waals surface area contributed by atoms with Crippen LogP contribution < -0.4 is 0 Å². The van der Waals surface area contributed by atoms with E-state index < -0.39 is 0 Å². The maximum Gasteiger partial charge on any atom is 0.130 e. The molecule has 0 saturated heterocycles. The van der Waals surface area contributed by atoms with E-state index in [2.05, 4.69) is 33.8 Å². The number of aldehydes is 1. The van der Waals surface area contributed by atoms with Crippen LogP contribution in [0.15, 0.2) is 11.6 Å². The highest BCUT2D eigenvalue weighted by Gasteiger charge is 2.60. The molecule has 0 spiro atoms. The summed E-state index contributed by atoms with van der Waals surface area (Å²) in [7, 11) is 0. The predicted molar refractivity (Wildman–Crippen MR) is 119 cm³/mol. The molecule has 4 aliphatic carbocycles. The zero-order chi connectivity index (χ0) is 20.8. The SMILES string of the molecule is CC(C)CCC[C@@H](C)[C@H]1CC[C@@H]2[C@@H]3CC=C4C[C@@H](O)CC[C@]4(C=O)[C@@H]3CC[C@@]21C. The van der Waals surface area contributed by atoms with Crippen molar-refractivity contribution >= 4 is 6.29 Å². The fraction of sp³-hybridized carbons (Fsp3) is 0.889. The zero-order valence-electron chi connectivity index (χ0n) is 19.3. The lowest BCUT2D eigenvalue weighted by Crippen LogP contribution is -2.52. The molecule has 1 N–H and O–H groups in total. The summed E-state index contributed by atoms with van der Waals surface area (Å²) < 4.78 is 0. The van der Waals surface area contributed by atoms with Crippen LogP contribution in [0.2, 0.25) is 0 Å². The Morgan fingerprint density at radius 1 is 1.10 bits per heavy atom. The van der Waals surface area contributed by atoms with Gasteiger partial charge >= 0.3 is 0 Å². The third-order valence-electron chi connectivity index (χ3n) is 10.1. The lowest BCUT2D eigenvalue weighted by Gasteiger charge is -2.57.